The van der Waals surface area contributed by atoms with E-state index in [1.54, 1.807) is 31.2 Å². The number of hydrogen-bond acceptors (Lipinski definition) is 4. The van der Waals surface area contributed by atoms with Crippen LogP contribution in [0.2, 0.25) is 0 Å². The molecule has 1 rings (SSSR count). The summed E-state index contributed by atoms with van der Waals surface area (Å²) >= 11 is 0. The summed E-state index contributed by atoms with van der Waals surface area (Å²) < 4.78 is 5.53. The quantitative estimate of drug-likeness (QED) is 0.606. The first kappa shape index (κ1) is 17.5. The lowest BCUT2D eigenvalue weighted by molar-refractivity contribution is 0.0653. The number of aliphatic hydroxyl groups is 2. The molecule has 0 radical (unpaired) electrons. The first-order valence-corrected chi connectivity index (χ1v) is 7.38. The van der Waals surface area contributed by atoms with Crippen molar-refractivity contribution in [1.82, 2.24) is 5.32 Å². The third-order valence-corrected chi connectivity index (χ3v) is 3.54. The van der Waals surface area contributed by atoms with Crippen LogP contribution in [-0.2, 0) is 0 Å². The third kappa shape index (κ3) is 5.02. The molecule has 0 saturated carbocycles. The topological polar surface area (TPSA) is 78.8 Å². The molecular formula is C16H25NO4. The summed E-state index contributed by atoms with van der Waals surface area (Å²) in [6.45, 7) is 3.96. The van der Waals surface area contributed by atoms with Crippen LogP contribution >= 0.6 is 0 Å². The van der Waals surface area contributed by atoms with Crippen molar-refractivity contribution in [3.8, 4) is 5.75 Å². The SMILES string of the molecule is CCCCOc1ccc(C(=O)NC(CC)(CO)CO)cc1. The maximum Gasteiger partial charge on any atom is 0.251 e. The maximum absolute atomic E-state index is 12.1. The summed E-state index contributed by atoms with van der Waals surface area (Å²) in [5, 5.41) is 21.4. The van der Waals surface area contributed by atoms with Crippen molar-refractivity contribution >= 4 is 5.91 Å². The smallest absolute Gasteiger partial charge is 0.251 e. The van der Waals surface area contributed by atoms with E-state index in [4.69, 9.17) is 4.74 Å². The Kier molecular flexibility index (Phi) is 7.19. The lowest BCUT2D eigenvalue weighted by Crippen LogP contribution is -2.53. The maximum atomic E-state index is 12.1. The Balaban J connectivity index is 2.66. The van der Waals surface area contributed by atoms with Crippen molar-refractivity contribution < 1.29 is 19.7 Å². The van der Waals surface area contributed by atoms with Gasteiger partial charge in [0.05, 0.1) is 25.4 Å². The fraction of sp³-hybridized carbons (Fsp3) is 0.562. The van der Waals surface area contributed by atoms with Crippen LogP contribution in [0.5, 0.6) is 5.75 Å². The number of hydrogen-bond donors (Lipinski definition) is 3. The fourth-order valence-corrected chi connectivity index (χ4v) is 1.79. The average molecular weight is 295 g/mol. The van der Waals surface area contributed by atoms with Gasteiger partial charge >= 0.3 is 0 Å². The van der Waals surface area contributed by atoms with Crippen molar-refractivity contribution in [2.45, 2.75) is 38.6 Å². The molecule has 0 atom stereocenters. The number of carbonyl (C=O) groups is 1. The Bertz CT molecular complexity index is 418. The largest absolute Gasteiger partial charge is 0.494 e. The average Bonchev–Trinajstić information content (AvgIpc) is 2.53. The lowest BCUT2D eigenvalue weighted by Gasteiger charge is -2.29. The summed E-state index contributed by atoms with van der Waals surface area (Å²) in [6.07, 6.45) is 2.51. The van der Waals surface area contributed by atoms with Gasteiger partial charge < -0.3 is 20.3 Å². The van der Waals surface area contributed by atoms with Gasteiger partial charge in [0.25, 0.3) is 5.91 Å². The molecule has 1 aromatic carbocycles. The van der Waals surface area contributed by atoms with Gasteiger partial charge in [0.15, 0.2) is 0 Å². The van der Waals surface area contributed by atoms with Gasteiger partial charge in [-0.3, -0.25) is 4.79 Å². The number of carbonyl (C=O) groups excluding carboxylic acids is 1. The van der Waals surface area contributed by atoms with E-state index in [9.17, 15) is 15.0 Å². The van der Waals surface area contributed by atoms with Gasteiger partial charge in [-0.2, -0.15) is 0 Å². The van der Waals surface area contributed by atoms with Crippen LogP contribution in [-0.4, -0.2) is 41.5 Å². The number of benzene rings is 1. The molecule has 1 amide bonds. The molecule has 0 aromatic heterocycles. The van der Waals surface area contributed by atoms with E-state index in [0.29, 0.717) is 18.6 Å². The van der Waals surface area contributed by atoms with Crippen LogP contribution in [0.4, 0.5) is 0 Å². The molecule has 0 saturated heterocycles. The molecule has 118 valence electrons. The van der Waals surface area contributed by atoms with Gasteiger partial charge in [-0.25, -0.2) is 0 Å². The van der Waals surface area contributed by atoms with Crippen molar-refractivity contribution in [3.63, 3.8) is 0 Å². The number of amides is 1. The molecule has 5 nitrogen and oxygen atoms in total. The monoisotopic (exact) mass is 295 g/mol. The van der Waals surface area contributed by atoms with Crippen molar-refractivity contribution in [2.24, 2.45) is 0 Å². The second-order valence-electron chi connectivity index (χ2n) is 5.13. The zero-order valence-corrected chi connectivity index (χ0v) is 12.8. The Hall–Kier alpha value is -1.59. The number of ether oxygens (including phenoxy) is 1. The zero-order valence-electron chi connectivity index (χ0n) is 12.8. The van der Waals surface area contributed by atoms with E-state index < -0.39 is 5.54 Å². The van der Waals surface area contributed by atoms with Gasteiger partial charge in [0.1, 0.15) is 5.75 Å². The van der Waals surface area contributed by atoms with E-state index in [1.807, 2.05) is 0 Å². The Morgan fingerprint density at radius 2 is 1.81 bits per heavy atom. The number of aliphatic hydroxyl groups excluding tert-OH is 2. The molecule has 0 aliphatic heterocycles. The molecule has 3 N–H and O–H groups in total. The Morgan fingerprint density at radius 1 is 1.19 bits per heavy atom. The minimum Gasteiger partial charge on any atom is -0.494 e. The predicted molar refractivity (Wildman–Crippen MR) is 81.5 cm³/mol. The van der Waals surface area contributed by atoms with Gasteiger partial charge in [-0.1, -0.05) is 20.3 Å². The van der Waals surface area contributed by atoms with Gasteiger partial charge in [0, 0.05) is 5.56 Å². The third-order valence-electron chi connectivity index (χ3n) is 3.54. The molecule has 21 heavy (non-hydrogen) atoms. The molecule has 0 aliphatic rings. The first-order chi connectivity index (χ1) is 10.1. The lowest BCUT2D eigenvalue weighted by atomic mass is 9.98. The molecule has 5 heteroatoms. The van der Waals surface area contributed by atoms with Gasteiger partial charge in [-0.05, 0) is 37.1 Å². The van der Waals surface area contributed by atoms with Crippen LogP contribution in [0, 0.1) is 0 Å². The normalized spacial score (nSPS) is 11.2. The second kappa shape index (κ2) is 8.64. The molecule has 1 aromatic rings. The molecule has 0 unspecified atom stereocenters. The molecule has 0 heterocycles. The number of rotatable bonds is 9. The second-order valence-corrected chi connectivity index (χ2v) is 5.13. The highest BCUT2D eigenvalue weighted by Gasteiger charge is 2.28. The number of nitrogens with one attached hydrogen (secondary N) is 1. The fourth-order valence-electron chi connectivity index (χ4n) is 1.79. The van der Waals surface area contributed by atoms with Crippen molar-refractivity contribution in [2.75, 3.05) is 19.8 Å². The highest BCUT2D eigenvalue weighted by atomic mass is 16.5. The molecule has 0 bridgehead atoms. The van der Waals surface area contributed by atoms with Gasteiger partial charge in [-0.15, -0.1) is 0 Å². The predicted octanol–water partition coefficient (Wildman–Crippen LogP) is 1.73. The van der Waals surface area contributed by atoms with Crippen LogP contribution in [0.1, 0.15) is 43.5 Å². The van der Waals surface area contributed by atoms with E-state index in [0.717, 1.165) is 18.6 Å². The van der Waals surface area contributed by atoms with E-state index in [1.165, 1.54) is 0 Å². The highest BCUT2D eigenvalue weighted by molar-refractivity contribution is 5.94. The zero-order chi connectivity index (χ0) is 15.7. The first-order valence-electron chi connectivity index (χ1n) is 7.38. The van der Waals surface area contributed by atoms with E-state index >= 15 is 0 Å². The van der Waals surface area contributed by atoms with Crippen LogP contribution < -0.4 is 10.1 Å². The Morgan fingerprint density at radius 3 is 2.29 bits per heavy atom. The molecule has 0 spiro atoms. The number of unbranched alkanes of at least 4 members (excludes halogenated alkanes) is 1. The highest BCUT2D eigenvalue weighted by Crippen LogP contribution is 2.15. The van der Waals surface area contributed by atoms with Gasteiger partial charge in [0.2, 0.25) is 0 Å². The molecule has 0 aliphatic carbocycles. The summed E-state index contributed by atoms with van der Waals surface area (Å²) in [5.74, 6) is 0.408. The standard InChI is InChI=1S/C16H25NO4/c1-3-5-10-21-14-8-6-13(7-9-14)15(20)17-16(4-2,11-18)12-19/h6-9,18-19H,3-5,10-12H2,1-2H3,(H,17,20). The van der Waals surface area contributed by atoms with Crippen LogP contribution in [0.15, 0.2) is 24.3 Å². The summed E-state index contributed by atoms with van der Waals surface area (Å²) in [7, 11) is 0. The minimum atomic E-state index is -0.979. The van der Waals surface area contributed by atoms with Crippen molar-refractivity contribution in [1.29, 1.82) is 0 Å². The van der Waals surface area contributed by atoms with E-state index in [-0.39, 0.29) is 19.1 Å². The summed E-state index contributed by atoms with van der Waals surface area (Å²) in [4.78, 5) is 12.1. The van der Waals surface area contributed by atoms with Crippen molar-refractivity contribution in [3.05, 3.63) is 29.8 Å². The van der Waals surface area contributed by atoms with Crippen LogP contribution in [0.3, 0.4) is 0 Å². The molecule has 0 fully saturated rings. The molecular weight excluding hydrogens is 270 g/mol. The minimum absolute atomic E-state index is 0.302. The Labute approximate surface area is 125 Å². The van der Waals surface area contributed by atoms with Crippen LogP contribution in [0.25, 0.3) is 0 Å². The summed E-state index contributed by atoms with van der Waals surface area (Å²) in [6, 6.07) is 6.84. The summed E-state index contributed by atoms with van der Waals surface area (Å²) in [5.41, 5.74) is -0.509. The van der Waals surface area contributed by atoms with E-state index in [2.05, 4.69) is 12.2 Å².